The first-order chi connectivity index (χ1) is 10.3. The minimum Gasteiger partial charge on any atom is -0.503 e. The second-order valence-corrected chi connectivity index (χ2v) is 4.71. The number of aromatic amines is 1. The molecule has 0 saturated carbocycles. The summed E-state index contributed by atoms with van der Waals surface area (Å²) < 4.78 is 1.47. The fraction of sp³-hybridized carbons (Fsp3) is 0.133. The van der Waals surface area contributed by atoms with E-state index < -0.39 is 5.56 Å². The van der Waals surface area contributed by atoms with Crippen molar-refractivity contribution in [3.05, 3.63) is 76.5 Å². The Bertz CT molecular complexity index is 766. The van der Waals surface area contributed by atoms with E-state index in [0.29, 0.717) is 6.54 Å². The van der Waals surface area contributed by atoms with E-state index in [1.54, 1.807) is 18.5 Å². The van der Waals surface area contributed by atoms with Crippen LogP contribution in [-0.4, -0.2) is 25.1 Å². The van der Waals surface area contributed by atoms with Gasteiger partial charge in [0.2, 0.25) is 0 Å². The summed E-state index contributed by atoms with van der Waals surface area (Å²) >= 11 is 0. The molecule has 0 bridgehead atoms. The van der Waals surface area contributed by atoms with E-state index in [-0.39, 0.29) is 11.7 Å². The second kappa shape index (κ2) is 5.62. The summed E-state index contributed by atoms with van der Waals surface area (Å²) in [7, 11) is 0. The summed E-state index contributed by atoms with van der Waals surface area (Å²) in [6.07, 6.45) is 3.30. The standard InChI is InChI=1S/C15H14N4O2/c20-14-7-4-8-19(15(14)21)10-12(13-9-16-18-17-13)11-5-2-1-3-6-11/h1-9,12,20H,10H2,(H,16,17,18). The number of hydrogen-bond donors (Lipinski definition) is 2. The molecule has 1 atom stereocenters. The number of pyridine rings is 1. The molecule has 0 amide bonds. The topological polar surface area (TPSA) is 83.8 Å². The van der Waals surface area contributed by atoms with Crippen LogP contribution >= 0.6 is 0 Å². The molecule has 2 N–H and O–H groups in total. The fourth-order valence-electron chi connectivity index (χ4n) is 2.30. The number of aromatic nitrogens is 4. The van der Waals surface area contributed by atoms with E-state index in [2.05, 4.69) is 15.4 Å². The van der Waals surface area contributed by atoms with Gasteiger partial charge in [-0.15, -0.1) is 0 Å². The Morgan fingerprint density at radius 1 is 1.19 bits per heavy atom. The molecule has 2 aromatic heterocycles. The van der Waals surface area contributed by atoms with Crippen molar-refractivity contribution in [2.45, 2.75) is 12.5 Å². The van der Waals surface area contributed by atoms with Gasteiger partial charge in [-0.05, 0) is 17.7 Å². The Kier molecular flexibility index (Phi) is 3.51. The third kappa shape index (κ3) is 2.69. The first-order valence-electron chi connectivity index (χ1n) is 6.55. The molecular weight excluding hydrogens is 268 g/mol. The normalized spacial score (nSPS) is 12.2. The predicted octanol–water partition coefficient (Wildman–Crippen LogP) is 1.50. The number of hydrogen-bond acceptors (Lipinski definition) is 4. The number of nitrogens with zero attached hydrogens (tertiary/aromatic N) is 3. The smallest absolute Gasteiger partial charge is 0.292 e. The molecule has 6 nitrogen and oxygen atoms in total. The van der Waals surface area contributed by atoms with Crippen molar-refractivity contribution in [2.75, 3.05) is 0 Å². The quantitative estimate of drug-likeness (QED) is 0.759. The van der Waals surface area contributed by atoms with Crippen molar-refractivity contribution in [1.29, 1.82) is 0 Å². The molecule has 3 rings (SSSR count). The average molecular weight is 282 g/mol. The van der Waals surface area contributed by atoms with Crippen LogP contribution < -0.4 is 5.56 Å². The van der Waals surface area contributed by atoms with Gasteiger partial charge >= 0.3 is 0 Å². The highest BCUT2D eigenvalue weighted by Crippen LogP contribution is 2.23. The lowest BCUT2D eigenvalue weighted by molar-refractivity contribution is 0.453. The van der Waals surface area contributed by atoms with Gasteiger partial charge < -0.3 is 9.67 Å². The first kappa shape index (κ1) is 13.1. The first-order valence-corrected chi connectivity index (χ1v) is 6.55. The van der Waals surface area contributed by atoms with Crippen LogP contribution in [0.1, 0.15) is 17.2 Å². The van der Waals surface area contributed by atoms with Gasteiger partial charge in [-0.2, -0.15) is 15.4 Å². The van der Waals surface area contributed by atoms with Gasteiger partial charge in [0.15, 0.2) is 5.75 Å². The van der Waals surface area contributed by atoms with E-state index in [0.717, 1.165) is 11.3 Å². The lowest BCUT2D eigenvalue weighted by Gasteiger charge is -2.16. The van der Waals surface area contributed by atoms with E-state index in [1.807, 2.05) is 30.3 Å². The molecule has 0 aliphatic carbocycles. The zero-order valence-electron chi connectivity index (χ0n) is 11.2. The highest BCUT2D eigenvalue weighted by molar-refractivity contribution is 5.27. The maximum atomic E-state index is 12.0. The molecule has 3 aromatic rings. The maximum absolute atomic E-state index is 12.0. The molecule has 6 heteroatoms. The Morgan fingerprint density at radius 2 is 2.00 bits per heavy atom. The zero-order chi connectivity index (χ0) is 14.7. The van der Waals surface area contributed by atoms with Crippen LogP contribution in [0.25, 0.3) is 0 Å². The molecule has 0 aliphatic rings. The van der Waals surface area contributed by atoms with Gasteiger partial charge in [-0.3, -0.25) is 4.79 Å². The highest BCUT2D eigenvalue weighted by atomic mass is 16.3. The van der Waals surface area contributed by atoms with Crippen LogP contribution in [0.2, 0.25) is 0 Å². The van der Waals surface area contributed by atoms with Gasteiger partial charge in [0.25, 0.3) is 5.56 Å². The molecule has 106 valence electrons. The Morgan fingerprint density at radius 3 is 2.71 bits per heavy atom. The minimum absolute atomic E-state index is 0.121. The fourth-order valence-corrected chi connectivity index (χ4v) is 2.30. The molecule has 0 spiro atoms. The number of benzene rings is 1. The zero-order valence-corrected chi connectivity index (χ0v) is 11.2. The molecule has 0 saturated heterocycles. The van der Waals surface area contributed by atoms with Gasteiger partial charge in [0.1, 0.15) is 0 Å². The van der Waals surface area contributed by atoms with Crippen molar-refractivity contribution in [2.24, 2.45) is 0 Å². The summed E-state index contributed by atoms with van der Waals surface area (Å²) in [5.74, 6) is -0.381. The van der Waals surface area contributed by atoms with Crippen LogP contribution in [0.4, 0.5) is 0 Å². The summed E-state index contributed by atoms with van der Waals surface area (Å²) in [5.41, 5.74) is 1.36. The van der Waals surface area contributed by atoms with Gasteiger partial charge in [-0.25, -0.2) is 0 Å². The van der Waals surface area contributed by atoms with Gasteiger partial charge in [0.05, 0.1) is 11.9 Å². The molecule has 2 heterocycles. The molecule has 0 fully saturated rings. The van der Waals surface area contributed by atoms with E-state index in [9.17, 15) is 9.90 Å². The molecular formula is C15H14N4O2. The average Bonchev–Trinajstić information content (AvgIpc) is 3.04. The summed E-state index contributed by atoms with van der Waals surface area (Å²) in [6, 6.07) is 12.8. The summed E-state index contributed by atoms with van der Waals surface area (Å²) in [5, 5.41) is 20.1. The van der Waals surface area contributed by atoms with Crippen molar-refractivity contribution >= 4 is 0 Å². The Hall–Kier alpha value is -2.89. The van der Waals surface area contributed by atoms with E-state index in [4.69, 9.17) is 0 Å². The Balaban J connectivity index is 2.01. The molecule has 0 radical (unpaired) electrons. The van der Waals surface area contributed by atoms with E-state index >= 15 is 0 Å². The van der Waals surface area contributed by atoms with Crippen LogP contribution in [0.3, 0.4) is 0 Å². The number of nitrogens with one attached hydrogen (secondary N) is 1. The number of aromatic hydroxyl groups is 1. The summed E-state index contributed by atoms with van der Waals surface area (Å²) in [6.45, 7) is 0.379. The minimum atomic E-state index is -0.415. The lowest BCUT2D eigenvalue weighted by atomic mass is 9.96. The molecule has 1 unspecified atom stereocenters. The largest absolute Gasteiger partial charge is 0.503 e. The lowest BCUT2D eigenvalue weighted by Crippen LogP contribution is -2.23. The van der Waals surface area contributed by atoms with Crippen molar-refractivity contribution < 1.29 is 5.11 Å². The van der Waals surface area contributed by atoms with Crippen LogP contribution in [0, 0.1) is 0 Å². The van der Waals surface area contributed by atoms with E-state index in [1.165, 1.54) is 10.6 Å². The summed E-state index contributed by atoms with van der Waals surface area (Å²) in [4.78, 5) is 12.0. The molecule has 21 heavy (non-hydrogen) atoms. The SMILES string of the molecule is O=c1c(O)cccn1CC(c1ccccc1)c1cn[nH]n1. The van der Waals surface area contributed by atoms with Gasteiger partial charge in [0, 0.05) is 18.7 Å². The van der Waals surface area contributed by atoms with Crippen LogP contribution in [0.15, 0.2) is 59.7 Å². The van der Waals surface area contributed by atoms with Gasteiger partial charge in [-0.1, -0.05) is 30.3 Å². The van der Waals surface area contributed by atoms with Crippen LogP contribution in [0.5, 0.6) is 5.75 Å². The Labute approximate surface area is 120 Å². The van der Waals surface area contributed by atoms with Crippen molar-refractivity contribution in [3.63, 3.8) is 0 Å². The molecule has 1 aromatic carbocycles. The second-order valence-electron chi connectivity index (χ2n) is 4.71. The van der Waals surface area contributed by atoms with Crippen molar-refractivity contribution in [1.82, 2.24) is 20.0 Å². The number of H-pyrrole nitrogens is 1. The maximum Gasteiger partial charge on any atom is 0.292 e. The van der Waals surface area contributed by atoms with Crippen molar-refractivity contribution in [3.8, 4) is 5.75 Å². The van der Waals surface area contributed by atoms with Crippen LogP contribution in [-0.2, 0) is 6.54 Å². The monoisotopic (exact) mass is 282 g/mol. The third-order valence-electron chi connectivity index (χ3n) is 3.37. The predicted molar refractivity (Wildman–Crippen MR) is 77.0 cm³/mol. The number of rotatable bonds is 4. The third-order valence-corrected chi connectivity index (χ3v) is 3.37. The molecule has 0 aliphatic heterocycles. The highest BCUT2D eigenvalue weighted by Gasteiger charge is 2.18.